The highest BCUT2D eigenvalue weighted by atomic mass is 16.5. The van der Waals surface area contributed by atoms with E-state index in [-0.39, 0.29) is 24.6 Å². The second kappa shape index (κ2) is 9.91. The first-order valence-electron chi connectivity index (χ1n) is 10.4. The van der Waals surface area contributed by atoms with Gasteiger partial charge in [-0.3, -0.25) is 0 Å². The van der Waals surface area contributed by atoms with Crippen LogP contribution in [-0.2, 0) is 13.2 Å². The average Bonchev–Trinajstić information content (AvgIpc) is 3.22. The fourth-order valence-electron chi connectivity index (χ4n) is 3.47. The van der Waals surface area contributed by atoms with Gasteiger partial charge >= 0.3 is 5.97 Å². The third-order valence-electron chi connectivity index (χ3n) is 5.19. The summed E-state index contributed by atoms with van der Waals surface area (Å²) >= 11 is 0. The highest BCUT2D eigenvalue weighted by molar-refractivity contribution is 5.92. The van der Waals surface area contributed by atoms with Gasteiger partial charge in [0.15, 0.2) is 11.4 Å². The van der Waals surface area contributed by atoms with E-state index < -0.39 is 5.97 Å². The molecule has 0 spiro atoms. The molecule has 0 aliphatic rings. The number of rotatable bonds is 9. The first-order valence-corrected chi connectivity index (χ1v) is 10.4. The molecule has 0 bridgehead atoms. The van der Waals surface area contributed by atoms with Crippen LogP contribution in [-0.4, -0.2) is 35.1 Å². The molecule has 1 heterocycles. The van der Waals surface area contributed by atoms with Crippen molar-refractivity contribution in [2.24, 2.45) is 0 Å². The Labute approximate surface area is 191 Å². The topological polar surface area (TPSA) is 82.8 Å². The van der Waals surface area contributed by atoms with Crippen LogP contribution >= 0.6 is 0 Å². The van der Waals surface area contributed by atoms with E-state index in [1.54, 1.807) is 14.2 Å². The van der Waals surface area contributed by atoms with Gasteiger partial charge in [0.2, 0.25) is 0 Å². The van der Waals surface area contributed by atoms with Crippen LogP contribution in [0.1, 0.15) is 21.6 Å². The fourth-order valence-corrected chi connectivity index (χ4v) is 3.47. The Balaban J connectivity index is 1.72. The van der Waals surface area contributed by atoms with Crippen LogP contribution in [0.15, 0.2) is 78.9 Å². The van der Waals surface area contributed by atoms with E-state index in [1.807, 2.05) is 78.9 Å². The molecule has 0 saturated carbocycles. The summed E-state index contributed by atoms with van der Waals surface area (Å²) in [5, 5.41) is 14.7. The molecule has 0 atom stereocenters. The van der Waals surface area contributed by atoms with Gasteiger partial charge in [-0.15, -0.1) is 0 Å². The largest absolute Gasteiger partial charge is 0.497 e. The number of hydrogen-bond acceptors (Lipinski definition) is 5. The van der Waals surface area contributed by atoms with Crippen LogP contribution < -0.4 is 14.2 Å². The molecule has 33 heavy (non-hydrogen) atoms. The molecular weight excluding hydrogens is 420 g/mol. The van der Waals surface area contributed by atoms with Crippen molar-refractivity contribution in [3.8, 4) is 28.5 Å². The summed E-state index contributed by atoms with van der Waals surface area (Å²) in [5.74, 6) is 0.592. The van der Waals surface area contributed by atoms with E-state index in [4.69, 9.17) is 14.2 Å². The van der Waals surface area contributed by atoms with Gasteiger partial charge in [-0.25, -0.2) is 9.48 Å². The van der Waals surface area contributed by atoms with Crippen LogP contribution in [0.5, 0.6) is 17.2 Å². The molecule has 1 aromatic heterocycles. The summed E-state index contributed by atoms with van der Waals surface area (Å²) < 4.78 is 17.9. The second-order valence-electron chi connectivity index (χ2n) is 7.34. The summed E-state index contributed by atoms with van der Waals surface area (Å²) in [7, 11) is 3.21. The molecular formula is C26H24N2O5. The SMILES string of the molecule is COc1ccc(COc2c(-c3ccccc3)nn(Cc3ccc(OC)cc3)c2C(=O)O)cc1. The van der Waals surface area contributed by atoms with E-state index in [9.17, 15) is 9.90 Å². The van der Waals surface area contributed by atoms with Crippen molar-refractivity contribution in [1.82, 2.24) is 9.78 Å². The summed E-state index contributed by atoms with van der Waals surface area (Å²) in [4.78, 5) is 12.3. The van der Waals surface area contributed by atoms with Crippen LogP contribution in [0.25, 0.3) is 11.3 Å². The van der Waals surface area contributed by atoms with Crippen LogP contribution in [0.4, 0.5) is 0 Å². The van der Waals surface area contributed by atoms with Crippen LogP contribution in [0.3, 0.4) is 0 Å². The minimum atomic E-state index is -1.11. The molecule has 0 fully saturated rings. The van der Waals surface area contributed by atoms with Gasteiger partial charge in [0.1, 0.15) is 23.8 Å². The lowest BCUT2D eigenvalue weighted by Gasteiger charge is -2.09. The lowest BCUT2D eigenvalue weighted by Crippen LogP contribution is -2.12. The van der Waals surface area contributed by atoms with Crippen molar-refractivity contribution in [3.63, 3.8) is 0 Å². The van der Waals surface area contributed by atoms with Gasteiger partial charge in [-0.1, -0.05) is 54.6 Å². The molecule has 0 amide bonds. The Morgan fingerprint density at radius 3 is 1.97 bits per heavy atom. The number of carbonyl (C=O) groups is 1. The fraction of sp³-hybridized carbons (Fsp3) is 0.154. The lowest BCUT2D eigenvalue weighted by molar-refractivity contribution is 0.0678. The molecule has 0 radical (unpaired) electrons. The van der Waals surface area contributed by atoms with E-state index in [0.29, 0.717) is 5.69 Å². The molecule has 4 aromatic rings. The van der Waals surface area contributed by atoms with Crippen molar-refractivity contribution in [3.05, 3.63) is 95.7 Å². The maximum Gasteiger partial charge on any atom is 0.358 e. The Bertz CT molecular complexity index is 1220. The molecule has 0 saturated heterocycles. The summed E-state index contributed by atoms with van der Waals surface area (Å²) in [5.41, 5.74) is 3.03. The van der Waals surface area contributed by atoms with Crippen LogP contribution in [0.2, 0.25) is 0 Å². The smallest absolute Gasteiger partial charge is 0.358 e. The van der Waals surface area contributed by atoms with Crippen molar-refractivity contribution in [2.75, 3.05) is 14.2 Å². The molecule has 7 heteroatoms. The predicted molar refractivity (Wildman–Crippen MR) is 124 cm³/mol. The van der Waals surface area contributed by atoms with Crippen molar-refractivity contribution < 1.29 is 24.1 Å². The lowest BCUT2D eigenvalue weighted by atomic mass is 10.1. The number of carboxylic acids is 1. The third kappa shape index (κ3) is 4.98. The summed E-state index contributed by atoms with van der Waals surface area (Å²) in [6.45, 7) is 0.468. The first-order chi connectivity index (χ1) is 16.1. The molecule has 3 aromatic carbocycles. The number of benzene rings is 3. The zero-order chi connectivity index (χ0) is 23.2. The number of aromatic carboxylic acids is 1. The van der Waals surface area contributed by atoms with Crippen molar-refractivity contribution in [1.29, 1.82) is 0 Å². The maximum atomic E-state index is 12.3. The average molecular weight is 444 g/mol. The highest BCUT2D eigenvalue weighted by Gasteiger charge is 2.26. The zero-order valence-electron chi connectivity index (χ0n) is 18.4. The minimum absolute atomic E-state index is 0.00168. The predicted octanol–water partition coefficient (Wildman–Crippen LogP) is 4.89. The Hall–Kier alpha value is -4.26. The van der Waals surface area contributed by atoms with E-state index in [0.717, 1.165) is 28.2 Å². The second-order valence-corrected chi connectivity index (χ2v) is 7.34. The monoisotopic (exact) mass is 444 g/mol. The van der Waals surface area contributed by atoms with Gasteiger partial charge in [-0.05, 0) is 35.4 Å². The Kier molecular flexibility index (Phi) is 6.59. The van der Waals surface area contributed by atoms with E-state index in [2.05, 4.69) is 5.10 Å². The van der Waals surface area contributed by atoms with Crippen molar-refractivity contribution >= 4 is 5.97 Å². The first kappa shape index (κ1) is 22.0. The van der Waals surface area contributed by atoms with Gasteiger partial charge < -0.3 is 19.3 Å². The minimum Gasteiger partial charge on any atom is -0.497 e. The summed E-state index contributed by atoms with van der Waals surface area (Å²) in [6.07, 6.45) is 0. The molecule has 4 rings (SSSR count). The van der Waals surface area contributed by atoms with Gasteiger partial charge in [0, 0.05) is 5.56 Å². The number of hydrogen-bond donors (Lipinski definition) is 1. The number of carboxylic acid groups (broad SMARTS) is 1. The molecule has 0 unspecified atom stereocenters. The van der Waals surface area contributed by atoms with Crippen LogP contribution in [0, 0.1) is 0 Å². The molecule has 1 N–H and O–H groups in total. The van der Waals surface area contributed by atoms with Gasteiger partial charge in [0.05, 0.1) is 20.8 Å². The standard InChI is InChI=1S/C26H24N2O5/c1-31-21-12-8-18(9-13-21)16-28-24(26(29)30)25(23(27-28)20-6-4-3-5-7-20)33-17-19-10-14-22(32-2)15-11-19/h3-15H,16-17H2,1-2H3,(H,29,30). The normalized spacial score (nSPS) is 10.6. The quantitative estimate of drug-likeness (QED) is 0.396. The number of ether oxygens (including phenoxy) is 3. The number of aromatic nitrogens is 2. The molecule has 0 aliphatic heterocycles. The zero-order valence-corrected chi connectivity index (χ0v) is 18.4. The van der Waals surface area contributed by atoms with Gasteiger partial charge in [-0.2, -0.15) is 5.10 Å². The van der Waals surface area contributed by atoms with E-state index >= 15 is 0 Å². The third-order valence-corrected chi connectivity index (χ3v) is 5.19. The Morgan fingerprint density at radius 1 is 0.848 bits per heavy atom. The van der Waals surface area contributed by atoms with Gasteiger partial charge in [0.25, 0.3) is 0 Å². The molecule has 0 aliphatic carbocycles. The van der Waals surface area contributed by atoms with Crippen molar-refractivity contribution in [2.45, 2.75) is 13.2 Å². The molecule has 168 valence electrons. The number of nitrogens with zero attached hydrogens (tertiary/aromatic N) is 2. The Morgan fingerprint density at radius 2 is 1.42 bits per heavy atom. The van der Waals surface area contributed by atoms with E-state index in [1.165, 1.54) is 4.68 Å². The number of methoxy groups -OCH3 is 2. The highest BCUT2D eigenvalue weighted by Crippen LogP contribution is 2.34. The summed E-state index contributed by atoms with van der Waals surface area (Å²) in [6, 6.07) is 24.3. The molecule has 7 nitrogen and oxygen atoms in total. The maximum absolute atomic E-state index is 12.3.